The molecule has 5 heteroatoms. The minimum Gasteiger partial charge on any atom is -0.504 e. The lowest BCUT2D eigenvalue weighted by molar-refractivity contribution is 0.303. The molecule has 0 fully saturated rings. The summed E-state index contributed by atoms with van der Waals surface area (Å²) in [4.78, 5) is 7.95. The van der Waals surface area contributed by atoms with Crippen LogP contribution in [0.25, 0.3) is 6.08 Å². The summed E-state index contributed by atoms with van der Waals surface area (Å²) in [7, 11) is 3.14. The molecule has 0 saturated heterocycles. The molecule has 1 aliphatic heterocycles. The maximum atomic E-state index is 9.96. The second-order valence-electron chi connectivity index (χ2n) is 5.68. The Morgan fingerprint density at radius 3 is 2.50 bits per heavy atom. The summed E-state index contributed by atoms with van der Waals surface area (Å²) in [5.74, 6) is 1.20. The summed E-state index contributed by atoms with van der Waals surface area (Å²) >= 11 is 0. The normalized spacial score (nSPS) is 15.4. The number of nitrogens with one attached hydrogen (secondary N) is 1. The maximum absolute atomic E-state index is 9.96. The van der Waals surface area contributed by atoms with E-state index in [1.54, 1.807) is 19.2 Å². The number of aromatic hydroxyl groups is 1. The van der Waals surface area contributed by atoms with Crippen LogP contribution in [0.3, 0.4) is 0 Å². The Bertz CT molecular complexity index is 873. The van der Waals surface area contributed by atoms with Crippen molar-refractivity contribution in [3.05, 3.63) is 64.3 Å². The molecule has 1 aliphatic rings. The number of aromatic nitrogens is 1. The number of hydrogen-bond donors (Lipinski definition) is 2. The lowest BCUT2D eigenvalue weighted by atomic mass is 10.1. The molecule has 1 aromatic heterocycles. The van der Waals surface area contributed by atoms with E-state index in [1.165, 1.54) is 7.11 Å². The SMILES string of the molecule is COC1=CC(c2ccc(OC)c(O)c2)=N/C1=C\c1[nH]c(C)cc1C. The van der Waals surface area contributed by atoms with Gasteiger partial charge in [-0.2, -0.15) is 0 Å². The Labute approximate surface area is 141 Å². The number of ether oxygens (including phenoxy) is 2. The predicted molar refractivity (Wildman–Crippen MR) is 94.5 cm³/mol. The molecule has 124 valence electrons. The monoisotopic (exact) mass is 324 g/mol. The first-order chi connectivity index (χ1) is 11.5. The van der Waals surface area contributed by atoms with E-state index in [0.29, 0.717) is 11.5 Å². The standard InChI is InChI=1S/C19H20N2O3/c1-11-7-12(2)20-14(11)9-16-19(24-4)10-15(21-16)13-5-6-18(23-3)17(22)8-13/h5-10,20,22H,1-4H3/b16-9-. The fourth-order valence-corrected chi connectivity index (χ4v) is 2.72. The molecule has 0 spiro atoms. The molecule has 0 aliphatic carbocycles. The number of rotatable bonds is 4. The molecule has 1 aromatic carbocycles. The molecule has 0 bridgehead atoms. The number of allylic oxidation sites excluding steroid dienone is 1. The van der Waals surface area contributed by atoms with Gasteiger partial charge in [0.1, 0.15) is 11.5 Å². The smallest absolute Gasteiger partial charge is 0.160 e. The molecule has 2 aromatic rings. The van der Waals surface area contributed by atoms with Gasteiger partial charge in [-0.3, -0.25) is 0 Å². The van der Waals surface area contributed by atoms with Crippen LogP contribution in [0.1, 0.15) is 22.5 Å². The van der Waals surface area contributed by atoms with E-state index < -0.39 is 0 Å². The van der Waals surface area contributed by atoms with Crippen LogP contribution in [0.15, 0.2) is 46.8 Å². The van der Waals surface area contributed by atoms with Crippen molar-refractivity contribution in [2.24, 2.45) is 4.99 Å². The molecule has 0 saturated carbocycles. The lowest BCUT2D eigenvalue weighted by Crippen LogP contribution is -1.94. The van der Waals surface area contributed by atoms with E-state index in [2.05, 4.69) is 16.0 Å². The third-order valence-electron chi connectivity index (χ3n) is 3.93. The average molecular weight is 324 g/mol. The van der Waals surface area contributed by atoms with Gasteiger partial charge in [0.15, 0.2) is 11.5 Å². The largest absolute Gasteiger partial charge is 0.504 e. The molecular weight excluding hydrogens is 304 g/mol. The van der Waals surface area contributed by atoms with Crippen LogP contribution < -0.4 is 4.74 Å². The zero-order valence-electron chi connectivity index (χ0n) is 14.2. The number of phenols is 1. The predicted octanol–water partition coefficient (Wildman–Crippen LogP) is 3.72. The number of aliphatic imine (C=N–C) groups is 1. The summed E-state index contributed by atoms with van der Waals surface area (Å²) in [6.07, 6.45) is 3.83. The summed E-state index contributed by atoms with van der Waals surface area (Å²) in [6.45, 7) is 4.07. The number of hydrogen-bond acceptors (Lipinski definition) is 4. The first-order valence-corrected chi connectivity index (χ1v) is 7.62. The zero-order valence-corrected chi connectivity index (χ0v) is 14.2. The van der Waals surface area contributed by atoms with Crippen LogP contribution in [0, 0.1) is 13.8 Å². The van der Waals surface area contributed by atoms with Gasteiger partial charge >= 0.3 is 0 Å². The molecule has 0 unspecified atom stereocenters. The number of aromatic amines is 1. The summed E-state index contributed by atoms with van der Waals surface area (Å²) in [5.41, 5.74) is 5.54. The van der Waals surface area contributed by atoms with Gasteiger partial charge in [0.2, 0.25) is 0 Å². The topological polar surface area (TPSA) is 66.8 Å². The molecular formula is C19H20N2O3. The summed E-state index contributed by atoms with van der Waals surface area (Å²) < 4.78 is 10.5. The second-order valence-corrected chi connectivity index (χ2v) is 5.68. The van der Waals surface area contributed by atoms with E-state index in [4.69, 9.17) is 9.47 Å². The molecule has 0 radical (unpaired) electrons. The van der Waals surface area contributed by atoms with Crippen molar-refractivity contribution in [3.8, 4) is 11.5 Å². The van der Waals surface area contributed by atoms with Crippen LogP contribution >= 0.6 is 0 Å². The molecule has 2 N–H and O–H groups in total. The van der Waals surface area contributed by atoms with Crippen LogP contribution in [0.5, 0.6) is 11.5 Å². The van der Waals surface area contributed by atoms with E-state index in [1.807, 2.05) is 32.1 Å². The van der Waals surface area contributed by atoms with E-state index in [-0.39, 0.29) is 5.75 Å². The highest BCUT2D eigenvalue weighted by Crippen LogP contribution is 2.30. The number of methoxy groups -OCH3 is 2. The Morgan fingerprint density at radius 2 is 1.92 bits per heavy atom. The minimum absolute atomic E-state index is 0.0818. The zero-order chi connectivity index (χ0) is 17.3. The van der Waals surface area contributed by atoms with Crippen LogP contribution in [-0.2, 0) is 4.74 Å². The van der Waals surface area contributed by atoms with Crippen molar-refractivity contribution in [1.82, 2.24) is 4.98 Å². The van der Waals surface area contributed by atoms with Crippen LogP contribution in [-0.4, -0.2) is 30.0 Å². The maximum Gasteiger partial charge on any atom is 0.160 e. The van der Waals surface area contributed by atoms with Crippen LogP contribution in [0.2, 0.25) is 0 Å². The van der Waals surface area contributed by atoms with Gasteiger partial charge in [-0.25, -0.2) is 4.99 Å². The number of nitrogens with zero attached hydrogens (tertiary/aromatic N) is 1. The Morgan fingerprint density at radius 1 is 1.12 bits per heavy atom. The van der Waals surface area contributed by atoms with Gasteiger partial charge in [-0.05, 0) is 49.8 Å². The van der Waals surface area contributed by atoms with Crippen LogP contribution in [0.4, 0.5) is 0 Å². The summed E-state index contributed by atoms with van der Waals surface area (Å²) in [5, 5.41) is 9.96. The number of benzene rings is 1. The van der Waals surface area contributed by atoms with E-state index in [9.17, 15) is 5.11 Å². The van der Waals surface area contributed by atoms with Crippen molar-refractivity contribution >= 4 is 11.8 Å². The van der Waals surface area contributed by atoms with E-state index in [0.717, 1.165) is 33.9 Å². The van der Waals surface area contributed by atoms with Gasteiger partial charge in [0.25, 0.3) is 0 Å². The van der Waals surface area contributed by atoms with Gasteiger partial charge in [-0.1, -0.05) is 0 Å². The fraction of sp³-hybridized carbons (Fsp3) is 0.211. The number of phenolic OH excluding ortho intramolecular Hbond substituents is 1. The molecule has 2 heterocycles. The first-order valence-electron chi connectivity index (χ1n) is 7.62. The van der Waals surface area contributed by atoms with Crippen molar-refractivity contribution in [2.45, 2.75) is 13.8 Å². The fourth-order valence-electron chi connectivity index (χ4n) is 2.72. The van der Waals surface area contributed by atoms with Crippen molar-refractivity contribution < 1.29 is 14.6 Å². The third-order valence-corrected chi connectivity index (χ3v) is 3.93. The molecule has 0 atom stereocenters. The molecule has 5 nitrogen and oxygen atoms in total. The summed E-state index contributed by atoms with van der Waals surface area (Å²) in [6, 6.07) is 7.29. The lowest BCUT2D eigenvalue weighted by Gasteiger charge is -2.04. The highest BCUT2D eigenvalue weighted by molar-refractivity contribution is 6.12. The Kier molecular flexibility index (Phi) is 4.16. The average Bonchev–Trinajstić information content (AvgIpc) is 3.10. The van der Waals surface area contributed by atoms with Gasteiger partial charge < -0.3 is 19.6 Å². The van der Waals surface area contributed by atoms with Gasteiger partial charge in [-0.15, -0.1) is 0 Å². The number of H-pyrrole nitrogens is 1. The molecule has 0 amide bonds. The van der Waals surface area contributed by atoms with Crippen molar-refractivity contribution in [1.29, 1.82) is 0 Å². The quantitative estimate of drug-likeness (QED) is 0.901. The third kappa shape index (κ3) is 2.93. The minimum atomic E-state index is 0.0818. The molecule has 24 heavy (non-hydrogen) atoms. The Balaban J connectivity index is 2.00. The van der Waals surface area contributed by atoms with Gasteiger partial charge in [0.05, 0.1) is 19.9 Å². The first kappa shape index (κ1) is 15.9. The second kappa shape index (κ2) is 6.28. The van der Waals surface area contributed by atoms with Gasteiger partial charge in [0, 0.05) is 23.0 Å². The van der Waals surface area contributed by atoms with E-state index >= 15 is 0 Å². The Hall–Kier alpha value is -2.95. The molecule has 3 rings (SSSR count). The highest BCUT2D eigenvalue weighted by atomic mass is 16.5. The van der Waals surface area contributed by atoms with Crippen molar-refractivity contribution in [2.75, 3.05) is 14.2 Å². The number of aryl methyl sites for hydroxylation is 2. The highest BCUT2D eigenvalue weighted by Gasteiger charge is 2.18. The van der Waals surface area contributed by atoms with Crippen molar-refractivity contribution in [3.63, 3.8) is 0 Å².